The van der Waals surface area contributed by atoms with E-state index < -0.39 is 11.4 Å². The Kier molecular flexibility index (Phi) is 6.83. The van der Waals surface area contributed by atoms with Crippen molar-refractivity contribution in [3.05, 3.63) is 40.9 Å². The summed E-state index contributed by atoms with van der Waals surface area (Å²) in [5, 5.41) is 21.3. The first kappa shape index (κ1) is 25.1. The van der Waals surface area contributed by atoms with Crippen LogP contribution >= 0.6 is 11.6 Å². The lowest BCUT2D eigenvalue weighted by Crippen LogP contribution is -2.40. The van der Waals surface area contributed by atoms with Gasteiger partial charge in [0.15, 0.2) is 5.82 Å². The summed E-state index contributed by atoms with van der Waals surface area (Å²) >= 11 is 6.41. The highest BCUT2D eigenvalue weighted by atomic mass is 35.5. The predicted octanol–water partition coefficient (Wildman–Crippen LogP) is 4.29. The number of carbonyl (C=O) groups excluding carboxylic acids is 2. The number of amides is 2. The molecular formula is C25H29ClFN5O3. The number of rotatable bonds is 5. The van der Waals surface area contributed by atoms with E-state index in [4.69, 9.17) is 11.6 Å². The van der Waals surface area contributed by atoms with Crippen molar-refractivity contribution in [1.82, 2.24) is 20.1 Å². The minimum absolute atomic E-state index is 0.0232. The lowest BCUT2D eigenvalue weighted by atomic mass is 9.85. The van der Waals surface area contributed by atoms with E-state index in [1.54, 1.807) is 33.0 Å². The topological polar surface area (TPSA) is 109 Å². The Morgan fingerprint density at radius 1 is 1.26 bits per heavy atom. The lowest BCUT2D eigenvalue weighted by Gasteiger charge is -2.28. The van der Waals surface area contributed by atoms with Crippen molar-refractivity contribution in [2.24, 2.45) is 13.0 Å². The van der Waals surface area contributed by atoms with Crippen LogP contribution in [0.15, 0.2) is 24.4 Å². The van der Waals surface area contributed by atoms with Crippen molar-refractivity contribution in [1.29, 1.82) is 0 Å². The molecule has 3 aromatic rings. The third kappa shape index (κ3) is 5.31. The Balaban J connectivity index is 1.64. The standard InChI is InChI=1S/C25H29ClFN5O3/c1-13(33)29-16-7-5-6-14(8-16)24(34)30-21-11-17(19(26)12-28-21)15-9-18-22(20(27)10-15)31-32(4)23(18)25(2,3)35/h9-12,14,16,35H,5-8H2,1-4H3,(H,29,33)(H,28,30,34)/t14-,16+/m0/s1. The molecule has 10 heteroatoms. The summed E-state index contributed by atoms with van der Waals surface area (Å²) in [5.74, 6) is -0.788. The molecule has 2 aromatic heterocycles. The number of fused-ring (bicyclic) bond motifs is 1. The Morgan fingerprint density at radius 3 is 2.69 bits per heavy atom. The molecule has 0 spiro atoms. The van der Waals surface area contributed by atoms with Crippen LogP contribution in [0.4, 0.5) is 10.2 Å². The van der Waals surface area contributed by atoms with Gasteiger partial charge < -0.3 is 15.7 Å². The van der Waals surface area contributed by atoms with Crippen LogP contribution in [-0.4, -0.2) is 37.7 Å². The molecule has 0 bridgehead atoms. The van der Waals surface area contributed by atoms with Gasteiger partial charge in [-0.2, -0.15) is 5.10 Å². The van der Waals surface area contributed by atoms with E-state index in [9.17, 15) is 14.7 Å². The molecule has 3 N–H and O–H groups in total. The molecule has 2 amide bonds. The van der Waals surface area contributed by atoms with E-state index in [-0.39, 0.29) is 29.3 Å². The van der Waals surface area contributed by atoms with E-state index >= 15 is 4.39 Å². The maximum atomic E-state index is 15.0. The second-order valence-corrected chi connectivity index (χ2v) is 10.1. The normalized spacial score (nSPS) is 18.5. The molecule has 2 heterocycles. The lowest BCUT2D eigenvalue weighted by molar-refractivity contribution is -0.123. The Hall–Kier alpha value is -3.04. The Morgan fingerprint density at radius 2 is 2.00 bits per heavy atom. The fraction of sp³-hybridized carbons (Fsp3) is 0.440. The maximum Gasteiger partial charge on any atom is 0.228 e. The van der Waals surface area contributed by atoms with Crippen molar-refractivity contribution >= 4 is 40.1 Å². The van der Waals surface area contributed by atoms with Crippen LogP contribution in [0.1, 0.15) is 52.1 Å². The summed E-state index contributed by atoms with van der Waals surface area (Å²) < 4.78 is 16.5. The monoisotopic (exact) mass is 501 g/mol. The van der Waals surface area contributed by atoms with E-state index in [0.29, 0.717) is 39.5 Å². The molecule has 8 nitrogen and oxygen atoms in total. The molecule has 186 valence electrons. The van der Waals surface area contributed by atoms with E-state index in [1.165, 1.54) is 23.9 Å². The van der Waals surface area contributed by atoms with E-state index in [2.05, 4.69) is 20.7 Å². The molecular weight excluding hydrogens is 473 g/mol. The van der Waals surface area contributed by atoms with Crippen LogP contribution in [0.5, 0.6) is 0 Å². The van der Waals surface area contributed by atoms with Gasteiger partial charge in [0, 0.05) is 43.1 Å². The van der Waals surface area contributed by atoms with Crippen molar-refractivity contribution in [2.45, 2.75) is 58.1 Å². The van der Waals surface area contributed by atoms with Crippen LogP contribution in [0.25, 0.3) is 22.0 Å². The second-order valence-electron chi connectivity index (χ2n) is 9.69. The number of anilines is 1. The number of carbonyl (C=O) groups is 2. The van der Waals surface area contributed by atoms with Crippen molar-refractivity contribution < 1.29 is 19.1 Å². The molecule has 0 radical (unpaired) electrons. The minimum atomic E-state index is -1.25. The van der Waals surface area contributed by atoms with Crippen LogP contribution in [0, 0.1) is 11.7 Å². The molecule has 1 aliphatic rings. The van der Waals surface area contributed by atoms with Gasteiger partial charge in [0.25, 0.3) is 0 Å². The third-order valence-electron chi connectivity index (χ3n) is 6.34. The number of nitrogens with zero attached hydrogens (tertiary/aromatic N) is 3. The van der Waals surface area contributed by atoms with Gasteiger partial charge in [-0.05, 0) is 56.9 Å². The third-order valence-corrected chi connectivity index (χ3v) is 6.64. The molecule has 4 rings (SSSR count). The average molecular weight is 502 g/mol. The highest BCUT2D eigenvalue weighted by Gasteiger charge is 2.29. The van der Waals surface area contributed by atoms with Crippen LogP contribution in [0.2, 0.25) is 5.02 Å². The minimum Gasteiger partial charge on any atom is -0.384 e. The summed E-state index contributed by atoms with van der Waals surface area (Å²) in [7, 11) is 1.65. The van der Waals surface area contributed by atoms with Gasteiger partial charge in [0.2, 0.25) is 11.8 Å². The van der Waals surface area contributed by atoms with Crippen LogP contribution in [0.3, 0.4) is 0 Å². The zero-order valence-corrected chi connectivity index (χ0v) is 20.9. The molecule has 0 unspecified atom stereocenters. The summed E-state index contributed by atoms with van der Waals surface area (Å²) in [6.07, 6.45) is 4.40. The van der Waals surface area contributed by atoms with Crippen LogP contribution < -0.4 is 10.6 Å². The molecule has 1 saturated carbocycles. The second kappa shape index (κ2) is 9.54. The summed E-state index contributed by atoms with van der Waals surface area (Å²) in [5.41, 5.74) is 0.337. The first-order valence-corrected chi connectivity index (χ1v) is 11.9. The number of pyridine rings is 1. The molecule has 0 aliphatic heterocycles. The zero-order chi connectivity index (χ0) is 25.5. The average Bonchev–Trinajstić information content (AvgIpc) is 3.11. The molecule has 2 atom stereocenters. The fourth-order valence-electron chi connectivity index (χ4n) is 4.94. The number of nitrogens with one attached hydrogen (secondary N) is 2. The highest BCUT2D eigenvalue weighted by Crippen LogP contribution is 2.36. The number of aryl methyl sites for hydroxylation is 1. The van der Waals surface area contributed by atoms with Crippen molar-refractivity contribution in [2.75, 3.05) is 5.32 Å². The van der Waals surface area contributed by atoms with Gasteiger partial charge in [0.1, 0.15) is 16.9 Å². The van der Waals surface area contributed by atoms with Crippen molar-refractivity contribution in [3.8, 4) is 11.1 Å². The van der Waals surface area contributed by atoms with Gasteiger partial charge >= 0.3 is 0 Å². The Labute approximate surface area is 207 Å². The highest BCUT2D eigenvalue weighted by molar-refractivity contribution is 6.33. The predicted molar refractivity (Wildman–Crippen MR) is 132 cm³/mol. The summed E-state index contributed by atoms with van der Waals surface area (Å²) in [4.78, 5) is 28.5. The van der Waals surface area contributed by atoms with Gasteiger partial charge in [-0.15, -0.1) is 0 Å². The quantitative estimate of drug-likeness (QED) is 0.483. The largest absolute Gasteiger partial charge is 0.384 e. The number of hydrogen-bond donors (Lipinski definition) is 3. The van der Waals surface area contributed by atoms with Gasteiger partial charge in [-0.1, -0.05) is 18.0 Å². The molecule has 0 saturated heterocycles. The zero-order valence-electron chi connectivity index (χ0n) is 20.2. The number of hydrogen-bond acceptors (Lipinski definition) is 5. The van der Waals surface area contributed by atoms with Gasteiger partial charge in [0.05, 0.1) is 10.7 Å². The molecule has 1 fully saturated rings. The molecule has 35 heavy (non-hydrogen) atoms. The summed E-state index contributed by atoms with van der Waals surface area (Å²) in [6, 6.07) is 4.64. The van der Waals surface area contributed by atoms with Crippen molar-refractivity contribution in [3.63, 3.8) is 0 Å². The fourth-order valence-corrected chi connectivity index (χ4v) is 5.15. The van der Waals surface area contributed by atoms with Gasteiger partial charge in [-0.25, -0.2) is 9.37 Å². The molecule has 1 aromatic carbocycles. The van der Waals surface area contributed by atoms with E-state index in [0.717, 1.165) is 19.3 Å². The van der Waals surface area contributed by atoms with Crippen LogP contribution in [-0.2, 0) is 22.2 Å². The maximum absolute atomic E-state index is 15.0. The number of benzene rings is 1. The molecule has 1 aliphatic carbocycles. The first-order valence-electron chi connectivity index (χ1n) is 11.6. The number of halogens is 2. The van der Waals surface area contributed by atoms with E-state index in [1.807, 2.05) is 0 Å². The SMILES string of the molecule is CC(=O)N[C@@H]1CCC[C@H](C(=O)Nc2cc(-c3cc(F)c4nn(C)c(C(C)(C)O)c4c3)c(Cl)cn2)C1. The number of aliphatic hydroxyl groups is 1. The smallest absolute Gasteiger partial charge is 0.228 e. The first-order chi connectivity index (χ1) is 16.4. The summed E-state index contributed by atoms with van der Waals surface area (Å²) in [6.45, 7) is 4.70. The number of aromatic nitrogens is 3. The Bertz CT molecular complexity index is 1300. The van der Waals surface area contributed by atoms with Gasteiger partial charge in [-0.3, -0.25) is 14.3 Å².